The van der Waals surface area contributed by atoms with Crippen LogP contribution in [0.15, 0.2) is 47.1 Å². The fourth-order valence-corrected chi connectivity index (χ4v) is 6.81. The van der Waals surface area contributed by atoms with Gasteiger partial charge in [0.25, 0.3) is 0 Å². The summed E-state index contributed by atoms with van der Waals surface area (Å²) in [6.45, 7) is 6.90. The number of fused-ring (bicyclic) bond motifs is 2. The Balaban J connectivity index is 1.09. The molecule has 3 aromatic heterocycles. The highest BCUT2D eigenvalue weighted by Crippen LogP contribution is 2.63. The molecule has 0 bridgehead atoms. The van der Waals surface area contributed by atoms with Crippen molar-refractivity contribution >= 4 is 23.1 Å². The van der Waals surface area contributed by atoms with E-state index in [4.69, 9.17) is 29.1 Å². The second-order valence-electron chi connectivity index (χ2n) is 11.5. The van der Waals surface area contributed by atoms with Gasteiger partial charge in [-0.1, -0.05) is 35.5 Å². The van der Waals surface area contributed by atoms with Gasteiger partial charge < -0.3 is 24.2 Å². The first-order valence-electron chi connectivity index (χ1n) is 14.5. The predicted molar refractivity (Wildman–Crippen MR) is 150 cm³/mol. The number of anilines is 1. The molecule has 0 radical (unpaired) electrons. The second-order valence-corrected chi connectivity index (χ2v) is 11.5. The van der Waals surface area contributed by atoms with Crippen LogP contribution in [0, 0.1) is 25.7 Å². The lowest BCUT2D eigenvalue weighted by atomic mass is 9.96. The van der Waals surface area contributed by atoms with Crippen molar-refractivity contribution in [1.82, 2.24) is 30.2 Å². The lowest BCUT2D eigenvalue weighted by molar-refractivity contribution is -0.0371. The quantitative estimate of drug-likeness (QED) is 0.351. The average Bonchev–Trinajstić information content (AvgIpc) is 3.23. The van der Waals surface area contributed by atoms with Gasteiger partial charge in [-0.2, -0.15) is 5.10 Å². The molecule has 2 aliphatic heterocycles. The van der Waals surface area contributed by atoms with Crippen LogP contribution in [-0.2, 0) is 21.5 Å². The van der Waals surface area contributed by atoms with E-state index in [-0.39, 0.29) is 24.2 Å². The molecule has 7 rings (SSSR count). The maximum atomic E-state index is 12.7. The Morgan fingerprint density at radius 3 is 2.83 bits per heavy atom. The van der Waals surface area contributed by atoms with Crippen molar-refractivity contribution in [1.29, 1.82) is 0 Å². The van der Waals surface area contributed by atoms with Crippen molar-refractivity contribution < 1.29 is 18.8 Å². The van der Waals surface area contributed by atoms with Gasteiger partial charge in [-0.25, -0.2) is 19.4 Å². The van der Waals surface area contributed by atoms with E-state index in [1.54, 1.807) is 0 Å². The van der Waals surface area contributed by atoms with Crippen molar-refractivity contribution in [2.24, 2.45) is 11.8 Å². The molecule has 5 heterocycles. The number of aryl methyl sites for hydroxylation is 2. The highest BCUT2D eigenvalue weighted by molar-refractivity contribution is 5.75. The van der Waals surface area contributed by atoms with E-state index >= 15 is 0 Å². The molecule has 4 atom stereocenters. The zero-order chi connectivity index (χ0) is 28.0. The summed E-state index contributed by atoms with van der Waals surface area (Å²) in [7, 11) is 0. The minimum absolute atomic E-state index is 0.102. The minimum atomic E-state index is -0.432. The molecule has 3 aliphatic rings. The Kier molecular flexibility index (Phi) is 6.61. The highest BCUT2D eigenvalue weighted by atomic mass is 16.5. The number of benzene rings is 1. The van der Waals surface area contributed by atoms with Crippen LogP contribution in [0.1, 0.15) is 54.6 Å². The number of ether oxygens (including phenoxy) is 2. The third-order valence-electron chi connectivity index (χ3n) is 8.98. The van der Waals surface area contributed by atoms with E-state index < -0.39 is 6.09 Å². The van der Waals surface area contributed by atoms with Gasteiger partial charge >= 0.3 is 6.09 Å². The molecule has 1 aliphatic carbocycles. The number of carbonyl (C=O) groups excluding carboxylic acids is 1. The number of rotatable bonds is 7. The fourth-order valence-electron chi connectivity index (χ4n) is 6.81. The van der Waals surface area contributed by atoms with E-state index in [1.807, 2.05) is 61.1 Å². The fraction of sp³-hybridized carbons (Fsp3) is 0.500. The summed E-state index contributed by atoms with van der Waals surface area (Å²) in [6, 6.07) is 11.7. The molecular formula is C30H35N7O4. The monoisotopic (exact) mass is 557 g/mol. The maximum Gasteiger partial charge on any atom is 0.407 e. The summed E-state index contributed by atoms with van der Waals surface area (Å²) in [5.41, 5.74) is 3.97. The number of aromatic nitrogens is 5. The van der Waals surface area contributed by atoms with Gasteiger partial charge in [0.2, 0.25) is 0 Å². The van der Waals surface area contributed by atoms with Crippen LogP contribution in [0.5, 0.6) is 0 Å². The van der Waals surface area contributed by atoms with Gasteiger partial charge in [0.1, 0.15) is 23.7 Å². The molecule has 214 valence electrons. The first-order chi connectivity index (χ1) is 20.0. The summed E-state index contributed by atoms with van der Waals surface area (Å²) in [5, 5.41) is 12.2. The normalized spacial score (nSPS) is 25.6. The zero-order valence-corrected chi connectivity index (χ0v) is 23.5. The van der Waals surface area contributed by atoms with Crippen LogP contribution < -0.4 is 10.2 Å². The van der Waals surface area contributed by atoms with Crippen LogP contribution in [0.3, 0.4) is 0 Å². The van der Waals surface area contributed by atoms with Gasteiger partial charge in [0.05, 0.1) is 17.6 Å². The molecule has 0 spiro atoms. The summed E-state index contributed by atoms with van der Waals surface area (Å²) in [6.07, 6.45) is 5.39. The van der Waals surface area contributed by atoms with E-state index in [2.05, 4.69) is 15.4 Å². The largest absolute Gasteiger partial charge is 0.445 e. The maximum absolute atomic E-state index is 12.7. The van der Waals surface area contributed by atoms with Gasteiger partial charge in [0, 0.05) is 37.7 Å². The zero-order valence-electron chi connectivity index (χ0n) is 23.5. The van der Waals surface area contributed by atoms with Crippen molar-refractivity contribution in [3.05, 3.63) is 65.3 Å². The number of amides is 1. The lowest BCUT2D eigenvalue weighted by Crippen LogP contribution is -2.36. The topological polar surface area (TPSA) is 120 Å². The third-order valence-corrected chi connectivity index (χ3v) is 8.98. The molecule has 4 unspecified atom stereocenters. The Hall–Kier alpha value is -3.99. The second kappa shape index (κ2) is 10.4. The molecule has 11 heteroatoms. The van der Waals surface area contributed by atoms with Crippen molar-refractivity contribution in [3.8, 4) is 0 Å². The average molecular weight is 558 g/mol. The van der Waals surface area contributed by atoms with E-state index in [0.717, 1.165) is 85.1 Å². The SMILES string of the molecule is Cc1cc(C2(CNC(=O)OCc3ccccc3)C3CCN(c4cnc5c(C)nn(C6CCCCO6)c5n4)CC32)no1. The van der Waals surface area contributed by atoms with Crippen LogP contribution >= 0.6 is 0 Å². The molecule has 41 heavy (non-hydrogen) atoms. The molecule has 1 N–H and O–H groups in total. The van der Waals surface area contributed by atoms with E-state index in [0.29, 0.717) is 12.5 Å². The van der Waals surface area contributed by atoms with E-state index in [9.17, 15) is 4.79 Å². The third kappa shape index (κ3) is 4.71. The molecule has 1 aromatic carbocycles. The summed E-state index contributed by atoms with van der Waals surface area (Å²) < 4.78 is 18.9. The molecule has 11 nitrogen and oxygen atoms in total. The van der Waals surface area contributed by atoms with Gasteiger partial charge in [-0.3, -0.25) is 0 Å². The van der Waals surface area contributed by atoms with Crippen molar-refractivity contribution in [3.63, 3.8) is 0 Å². The predicted octanol–water partition coefficient (Wildman–Crippen LogP) is 4.45. The van der Waals surface area contributed by atoms with Crippen molar-refractivity contribution in [2.75, 3.05) is 31.1 Å². The number of nitrogens with zero attached hydrogens (tertiary/aromatic N) is 6. The first kappa shape index (κ1) is 25.9. The van der Waals surface area contributed by atoms with Crippen molar-refractivity contribution in [2.45, 2.75) is 57.8 Å². The van der Waals surface area contributed by atoms with Gasteiger partial charge in [-0.05, 0) is 56.9 Å². The molecule has 2 saturated heterocycles. The van der Waals surface area contributed by atoms with Crippen LogP contribution in [0.4, 0.5) is 10.6 Å². The number of hydrogen-bond acceptors (Lipinski definition) is 9. The Bertz CT molecular complexity index is 1550. The first-order valence-corrected chi connectivity index (χ1v) is 14.5. The number of alkyl carbamates (subject to hydrolysis) is 1. The highest BCUT2D eigenvalue weighted by Gasteiger charge is 2.68. The molecule has 1 amide bonds. The molecule has 3 fully saturated rings. The standard InChI is InChI=1S/C30H35N7O4/c1-19-14-24(35-41-19)30(18-32-29(38)40-17-21-8-4-3-5-9-21)22-11-12-36(16-23(22)30)25-15-31-27-20(2)34-37(28(27)33-25)26-10-6-7-13-39-26/h3-5,8-9,14-15,22-23,26H,6-7,10-13,16-18H2,1-2H3,(H,32,38). The van der Waals surface area contributed by atoms with Gasteiger partial charge in [-0.15, -0.1) is 0 Å². The molecule has 4 aromatic rings. The number of carbonyl (C=O) groups is 1. The lowest BCUT2D eigenvalue weighted by Gasteiger charge is -2.27. The molecule has 1 saturated carbocycles. The Labute approximate surface area is 238 Å². The molecular weight excluding hydrogens is 522 g/mol. The number of hydrogen-bond donors (Lipinski definition) is 1. The van der Waals surface area contributed by atoms with Crippen LogP contribution in [0.2, 0.25) is 0 Å². The van der Waals surface area contributed by atoms with Crippen LogP contribution in [0.25, 0.3) is 11.2 Å². The summed E-state index contributed by atoms with van der Waals surface area (Å²) in [4.78, 5) is 24.8. The Morgan fingerprint density at radius 2 is 2.05 bits per heavy atom. The summed E-state index contributed by atoms with van der Waals surface area (Å²) >= 11 is 0. The van der Waals surface area contributed by atoms with Crippen LogP contribution in [-0.4, -0.2) is 57.2 Å². The van der Waals surface area contributed by atoms with E-state index in [1.165, 1.54) is 0 Å². The number of nitrogens with one attached hydrogen (secondary N) is 1. The smallest absolute Gasteiger partial charge is 0.407 e. The summed E-state index contributed by atoms with van der Waals surface area (Å²) in [5.74, 6) is 2.25. The number of piperidine rings is 1. The minimum Gasteiger partial charge on any atom is -0.445 e. The van der Waals surface area contributed by atoms with Gasteiger partial charge in [0.15, 0.2) is 11.9 Å². The Morgan fingerprint density at radius 1 is 1.17 bits per heavy atom.